The van der Waals surface area contributed by atoms with Gasteiger partial charge in [0, 0.05) is 40.6 Å². The third-order valence-electron chi connectivity index (χ3n) is 7.10. The number of aliphatic carboxylic acids is 2. The van der Waals surface area contributed by atoms with Gasteiger partial charge in [-0.2, -0.15) is 0 Å². The highest BCUT2D eigenvalue weighted by molar-refractivity contribution is 6.10. The summed E-state index contributed by atoms with van der Waals surface area (Å²) in [7, 11) is 0. The number of para-hydroxylation sites is 1. The Kier molecular flexibility index (Phi) is 11.5. The molecule has 0 aliphatic carbocycles. The summed E-state index contributed by atoms with van der Waals surface area (Å²) < 4.78 is 11.8. The van der Waals surface area contributed by atoms with Crippen LogP contribution in [0, 0.1) is 0 Å². The fourth-order valence-corrected chi connectivity index (χ4v) is 4.80. The third kappa shape index (κ3) is 10.3. The molecule has 1 amide bonds. The van der Waals surface area contributed by atoms with Crippen LogP contribution in [0.4, 0.5) is 0 Å². The van der Waals surface area contributed by atoms with Crippen LogP contribution < -0.4 is 20.5 Å². The molecule has 246 valence electrons. The summed E-state index contributed by atoms with van der Waals surface area (Å²) in [5.74, 6) is -0.907. The average Bonchev–Trinajstić information content (AvgIpc) is 3.43. The second kappa shape index (κ2) is 15.7. The fourth-order valence-electron chi connectivity index (χ4n) is 4.80. The predicted octanol–water partition coefficient (Wildman–Crippen LogP) is 4.89. The van der Waals surface area contributed by atoms with Gasteiger partial charge in [-0.3, -0.25) is 14.4 Å². The van der Waals surface area contributed by atoms with Crippen molar-refractivity contribution in [1.29, 1.82) is 0 Å². The van der Waals surface area contributed by atoms with E-state index in [9.17, 15) is 19.5 Å². The Hall–Kier alpha value is -5.46. The van der Waals surface area contributed by atoms with Gasteiger partial charge in [-0.25, -0.2) is 4.98 Å². The molecule has 0 saturated carbocycles. The lowest BCUT2D eigenvalue weighted by molar-refractivity contribution is -0.143. The molecule has 0 bridgehead atoms. The van der Waals surface area contributed by atoms with Gasteiger partial charge in [0.05, 0.1) is 23.9 Å². The summed E-state index contributed by atoms with van der Waals surface area (Å²) in [5, 5.41) is 32.0. The maximum atomic E-state index is 11.2. The highest BCUT2D eigenvalue weighted by atomic mass is 16.5. The molecule has 0 aliphatic rings. The number of ether oxygens (including phenoxy) is 2. The van der Waals surface area contributed by atoms with Crippen molar-refractivity contribution in [3.05, 3.63) is 96.2 Å². The number of carbonyl (C=O) groups excluding carboxylic acids is 1. The molecule has 0 aliphatic heterocycles. The number of primary amides is 1. The van der Waals surface area contributed by atoms with Crippen LogP contribution >= 0.6 is 0 Å². The van der Waals surface area contributed by atoms with Crippen molar-refractivity contribution in [2.75, 3.05) is 13.2 Å². The van der Waals surface area contributed by atoms with Crippen molar-refractivity contribution in [2.45, 2.75) is 44.8 Å². The molecule has 0 radical (unpaired) electrons. The number of aromatic amines is 1. The summed E-state index contributed by atoms with van der Waals surface area (Å²) in [5.41, 5.74) is 8.50. The minimum Gasteiger partial charge on any atom is -0.490 e. The predicted molar refractivity (Wildman–Crippen MR) is 177 cm³/mol. The lowest BCUT2D eigenvalue weighted by atomic mass is 9.94. The Morgan fingerprint density at radius 3 is 2.36 bits per heavy atom. The molecule has 12 heteroatoms. The molecule has 0 saturated heterocycles. The summed E-state index contributed by atoms with van der Waals surface area (Å²) in [6, 6.07) is 25.0. The van der Waals surface area contributed by atoms with Crippen molar-refractivity contribution < 1.29 is 39.2 Å². The van der Waals surface area contributed by atoms with E-state index in [1.807, 2.05) is 60.7 Å². The normalized spacial score (nSPS) is 11.8. The second-order valence-corrected chi connectivity index (χ2v) is 11.5. The number of aliphatic hydroxyl groups excluding tert-OH is 1. The SMILES string of the molecule is CC(C)(Cc1ccc(Oc2ccc(C(N)=O)cn2)cc1)NC[C@H](O)COc1cccc2[nH][14c]3[14cH][14cH][14cH][14cH][14c]3c12.O=C(O)CCC(=O)O. The number of hydrogen-bond donors (Lipinski definition) is 6. The monoisotopic (exact) mass is 654 g/mol. The van der Waals surface area contributed by atoms with Gasteiger partial charge >= 0.3 is 11.9 Å². The van der Waals surface area contributed by atoms with Gasteiger partial charge in [-0.15, -0.1) is 0 Å². The Morgan fingerprint density at radius 2 is 1.72 bits per heavy atom. The van der Waals surface area contributed by atoms with Gasteiger partial charge < -0.3 is 40.8 Å². The highest BCUT2D eigenvalue weighted by Gasteiger charge is 2.20. The first-order chi connectivity index (χ1) is 22.4. The van der Waals surface area contributed by atoms with Gasteiger partial charge in [0.2, 0.25) is 11.8 Å². The van der Waals surface area contributed by atoms with E-state index in [-0.39, 0.29) is 25.0 Å². The van der Waals surface area contributed by atoms with Crippen molar-refractivity contribution in [1.82, 2.24) is 15.3 Å². The summed E-state index contributed by atoms with van der Waals surface area (Å²) >= 11 is 0. The number of rotatable bonds is 14. The van der Waals surface area contributed by atoms with Gasteiger partial charge in [0.1, 0.15) is 24.2 Å². The van der Waals surface area contributed by atoms with E-state index in [4.69, 9.17) is 25.4 Å². The number of aliphatic hydroxyl groups is 1. The number of carboxylic acid groups (broad SMARTS) is 2. The van der Waals surface area contributed by atoms with Crippen LogP contribution in [0.15, 0.2) is 85.1 Å². The average molecular weight is 655 g/mol. The van der Waals surface area contributed by atoms with Gasteiger partial charge in [-0.05, 0) is 62.2 Å². The fraction of sp³-hybridized carbons (Fsp3) is 0.257. The number of amides is 1. The molecule has 0 unspecified atom stereocenters. The van der Waals surface area contributed by atoms with E-state index >= 15 is 0 Å². The van der Waals surface area contributed by atoms with E-state index in [1.54, 1.807) is 12.1 Å². The van der Waals surface area contributed by atoms with Gasteiger partial charge in [0.15, 0.2) is 0 Å². The number of nitrogens with two attached hydrogens (primary N) is 1. The third-order valence-corrected chi connectivity index (χ3v) is 7.10. The molecule has 2 heterocycles. The first kappa shape index (κ1) is 34.4. The molecular formula is C35H38N4O8. The number of nitrogens with one attached hydrogen (secondary N) is 2. The van der Waals surface area contributed by atoms with Crippen LogP contribution in [0.25, 0.3) is 21.8 Å². The molecule has 1 atom stereocenters. The van der Waals surface area contributed by atoms with Crippen LogP contribution in [0.3, 0.4) is 0 Å². The lowest BCUT2D eigenvalue weighted by Gasteiger charge is -2.28. The number of carboxylic acids is 2. The zero-order valence-electron chi connectivity index (χ0n) is 26.1. The smallest absolute Gasteiger partial charge is 0.303 e. The molecule has 5 aromatic rings. The topological polar surface area (TPSA) is 197 Å². The van der Waals surface area contributed by atoms with Crippen LogP contribution in [-0.2, 0) is 16.0 Å². The minimum absolute atomic E-state index is 0.183. The number of hydrogen-bond acceptors (Lipinski definition) is 8. The number of nitrogens with zero attached hydrogens (tertiary/aromatic N) is 1. The summed E-state index contributed by atoms with van der Waals surface area (Å²) in [4.78, 5) is 38.0. The highest BCUT2D eigenvalue weighted by Crippen LogP contribution is 2.33. The van der Waals surface area contributed by atoms with E-state index in [0.29, 0.717) is 23.7 Å². The maximum Gasteiger partial charge on any atom is 0.303 e. The minimum atomic E-state index is -1.08. The van der Waals surface area contributed by atoms with Crippen molar-refractivity contribution in [3.63, 3.8) is 0 Å². The first-order valence-corrected chi connectivity index (χ1v) is 14.9. The molecule has 3 aromatic carbocycles. The first-order valence-electron chi connectivity index (χ1n) is 14.9. The van der Waals surface area contributed by atoms with E-state index in [0.717, 1.165) is 39.5 Å². The zero-order chi connectivity index (χ0) is 34.0. The number of pyridine rings is 1. The van der Waals surface area contributed by atoms with Crippen molar-refractivity contribution >= 4 is 39.7 Å². The number of H-pyrrole nitrogens is 1. The van der Waals surface area contributed by atoms with E-state index in [2.05, 4.69) is 35.2 Å². The Balaban J connectivity index is 0.000000555. The molecule has 0 spiro atoms. The maximum absolute atomic E-state index is 11.2. The number of benzene rings is 3. The van der Waals surface area contributed by atoms with E-state index < -0.39 is 23.9 Å². The second-order valence-electron chi connectivity index (χ2n) is 11.5. The Bertz CT molecular complexity index is 1800. The molecule has 0 fully saturated rings. The quantitative estimate of drug-likeness (QED) is 0.0959. The number of aromatic nitrogens is 2. The van der Waals surface area contributed by atoms with Crippen LogP contribution in [0.2, 0.25) is 0 Å². The molecule has 7 N–H and O–H groups in total. The molecular weight excluding hydrogens is 616 g/mol. The van der Waals surface area contributed by atoms with Crippen LogP contribution in [0.1, 0.15) is 42.6 Å². The van der Waals surface area contributed by atoms with Crippen LogP contribution in [0.5, 0.6) is 17.4 Å². The largest absolute Gasteiger partial charge is 0.490 e. The van der Waals surface area contributed by atoms with Crippen LogP contribution in [-0.4, -0.2) is 67.9 Å². The van der Waals surface area contributed by atoms with Crippen molar-refractivity contribution in [3.8, 4) is 17.4 Å². The van der Waals surface area contributed by atoms with Gasteiger partial charge in [0.25, 0.3) is 0 Å². The summed E-state index contributed by atoms with van der Waals surface area (Å²) in [6.07, 6.45) is 0.877. The Morgan fingerprint density at radius 1 is 1.02 bits per heavy atom. The molecule has 47 heavy (non-hydrogen) atoms. The molecule has 5 rings (SSSR count). The number of β-amino-alcohol motifs (C(OH)–C–C–N with tert-alkyl or cyclic N) is 1. The standard InChI is InChI=1S/C31H32N4O4.C4H6O4/c1-31(2,16-20-10-13-23(14-11-20)39-28-15-12-21(17-33-28)30(32)37)34-18-22(36)19-38-27-9-5-8-26-29(27)24-6-3-4-7-25(24)35-26;5-3(6)1-2-4(7)8/h3-15,17,22,34-36H,16,18-19H2,1-2H3,(H2,32,37);1-2H2,(H,5,6)(H,7,8)/t22-;/m0./s1/i3+2,4+2,6+2,7+2,24+2,25+2;. The number of carbonyl (C=O) groups is 3. The zero-order valence-corrected chi connectivity index (χ0v) is 26.1. The van der Waals surface area contributed by atoms with Crippen molar-refractivity contribution in [2.24, 2.45) is 5.73 Å². The number of fused-ring (bicyclic) bond motifs is 3. The Labute approximate surface area is 271 Å². The van der Waals surface area contributed by atoms with Gasteiger partial charge in [-0.1, -0.05) is 36.4 Å². The summed E-state index contributed by atoms with van der Waals surface area (Å²) in [6.45, 7) is 4.77. The lowest BCUT2D eigenvalue weighted by Crippen LogP contribution is -2.46. The molecule has 12 nitrogen and oxygen atoms in total. The van der Waals surface area contributed by atoms with E-state index in [1.165, 1.54) is 6.20 Å². The molecule has 2 aromatic heterocycles.